The van der Waals surface area contributed by atoms with Gasteiger partial charge in [0, 0.05) is 10.8 Å². The summed E-state index contributed by atoms with van der Waals surface area (Å²) in [4.78, 5) is 0. The monoisotopic (exact) mass is 358 g/mol. The summed E-state index contributed by atoms with van der Waals surface area (Å²) in [7, 11) is -0.712. The minimum atomic E-state index is -0.841. The third-order valence-electron chi connectivity index (χ3n) is 5.38. The van der Waals surface area contributed by atoms with Crippen LogP contribution in [0.3, 0.4) is 0 Å². The molecule has 1 aliphatic rings. The summed E-state index contributed by atoms with van der Waals surface area (Å²) in [5, 5.41) is 40.5. The van der Waals surface area contributed by atoms with Crippen molar-refractivity contribution < 1.29 is 34.2 Å². The van der Waals surface area contributed by atoms with Crippen LogP contribution in [0.15, 0.2) is 22.6 Å². The number of fused-ring (bicyclic) bond motifs is 3. The molecule has 0 unspecified atom stereocenters. The molecule has 1 aromatic heterocycles. The molecule has 7 nitrogen and oxygen atoms in total. The lowest BCUT2D eigenvalue weighted by atomic mass is 9.78. The Balaban J connectivity index is 2.00. The van der Waals surface area contributed by atoms with Crippen LogP contribution in [0.2, 0.25) is 0 Å². The van der Waals surface area contributed by atoms with Crippen molar-refractivity contribution in [3.63, 3.8) is 0 Å². The molecular weight excluding hydrogens is 339 g/mol. The number of hydrogen-bond acceptors (Lipinski definition) is 7. The van der Waals surface area contributed by atoms with Gasteiger partial charge in [-0.05, 0) is 27.7 Å². The molecule has 8 heteroatoms. The van der Waals surface area contributed by atoms with Gasteiger partial charge < -0.3 is 34.2 Å². The zero-order valence-electron chi connectivity index (χ0n) is 14.8. The Kier molecular flexibility index (Phi) is 3.24. The maximum absolute atomic E-state index is 10.2. The predicted molar refractivity (Wildman–Crippen MR) is 96.1 cm³/mol. The van der Waals surface area contributed by atoms with E-state index < -0.39 is 41.3 Å². The van der Waals surface area contributed by atoms with Gasteiger partial charge in [-0.15, -0.1) is 0 Å². The van der Waals surface area contributed by atoms with E-state index in [0.29, 0.717) is 16.4 Å². The maximum atomic E-state index is 10.2. The summed E-state index contributed by atoms with van der Waals surface area (Å²) in [5.41, 5.74) is -0.317. The number of furan rings is 1. The second kappa shape index (κ2) is 4.99. The van der Waals surface area contributed by atoms with Crippen LogP contribution in [-0.2, 0) is 9.31 Å². The van der Waals surface area contributed by atoms with Gasteiger partial charge in [-0.1, -0.05) is 18.2 Å². The topological polar surface area (TPSA) is 113 Å². The molecule has 0 saturated carbocycles. The van der Waals surface area contributed by atoms with E-state index in [1.807, 2.05) is 27.7 Å². The molecule has 1 aliphatic heterocycles. The largest absolute Gasteiger partial charge is 0.504 e. The molecule has 26 heavy (non-hydrogen) atoms. The lowest BCUT2D eigenvalue weighted by Crippen LogP contribution is -2.41. The van der Waals surface area contributed by atoms with E-state index in [2.05, 4.69) is 0 Å². The van der Waals surface area contributed by atoms with Gasteiger partial charge in [0.2, 0.25) is 17.2 Å². The first kappa shape index (κ1) is 16.9. The van der Waals surface area contributed by atoms with Gasteiger partial charge >= 0.3 is 7.12 Å². The van der Waals surface area contributed by atoms with Crippen molar-refractivity contribution in [1.29, 1.82) is 0 Å². The van der Waals surface area contributed by atoms with E-state index in [0.717, 1.165) is 0 Å². The van der Waals surface area contributed by atoms with E-state index in [4.69, 9.17) is 13.7 Å². The van der Waals surface area contributed by atoms with Gasteiger partial charge in [-0.25, -0.2) is 0 Å². The normalized spacial score (nSPS) is 18.8. The Morgan fingerprint density at radius 3 is 1.96 bits per heavy atom. The van der Waals surface area contributed by atoms with Crippen LogP contribution in [0.5, 0.6) is 23.0 Å². The summed E-state index contributed by atoms with van der Waals surface area (Å²) >= 11 is 0. The molecule has 0 radical (unpaired) electrons. The average molecular weight is 358 g/mol. The molecule has 2 aromatic carbocycles. The van der Waals surface area contributed by atoms with E-state index >= 15 is 0 Å². The van der Waals surface area contributed by atoms with Crippen LogP contribution in [0, 0.1) is 0 Å². The summed E-state index contributed by atoms with van der Waals surface area (Å²) < 4.78 is 17.9. The molecule has 1 fully saturated rings. The van der Waals surface area contributed by atoms with Gasteiger partial charge in [0.15, 0.2) is 11.3 Å². The average Bonchev–Trinajstić information content (AvgIpc) is 3.05. The third-order valence-corrected chi connectivity index (χ3v) is 5.38. The first-order valence-electron chi connectivity index (χ1n) is 8.22. The van der Waals surface area contributed by atoms with Crippen molar-refractivity contribution in [3.05, 3.63) is 18.2 Å². The highest BCUT2D eigenvalue weighted by Crippen LogP contribution is 2.51. The zero-order chi connectivity index (χ0) is 19.0. The van der Waals surface area contributed by atoms with E-state index in [9.17, 15) is 20.4 Å². The summed E-state index contributed by atoms with van der Waals surface area (Å²) in [6.45, 7) is 7.72. The summed E-state index contributed by atoms with van der Waals surface area (Å²) in [5.74, 6) is -2.86. The Morgan fingerprint density at radius 2 is 1.35 bits per heavy atom. The SMILES string of the molecule is CC1(C)OB(c2cccc3c2oc2c(O)c(O)c(O)c(O)c23)OC1(C)C. The molecule has 136 valence electrons. The fraction of sp³-hybridized carbons (Fsp3) is 0.333. The van der Waals surface area contributed by atoms with Gasteiger partial charge in [0.25, 0.3) is 0 Å². The van der Waals surface area contributed by atoms with Gasteiger partial charge in [0.1, 0.15) is 5.58 Å². The second-order valence-corrected chi connectivity index (χ2v) is 7.51. The Morgan fingerprint density at radius 1 is 0.769 bits per heavy atom. The highest BCUT2D eigenvalue weighted by molar-refractivity contribution is 6.65. The van der Waals surface area contributed by atoms with Crippen molar-refractivity contribution in [1.82, 2.24) is 0 Å². The van der Waals surface area contributed by atoms with E-state index in [1.54, 1.807) is 18.2 Å². The van der Waals surface area contributed by atoms with Crippen LogP contribution < -0.4 is 5.46 Å². The third kappa shape index (κ3) is 2.03. The number of phenols is 4. The molecular formula is C18H19BO7. The van der Waals surface area contributed by atoms with Gasteiger partial charge in [-0.2, -0.15) is 0 Å². The first-order valence-corrected chi connectivity index (χ1v) is 8.22. The quantitative estimate of drug-likeness (QED) is 0.301. The molecule has 0 amide bonds. The maximum Gasteiger partial charge on any atom is 0.498 e. The summed E-state index contributed by atoms with van der Waals surface area (Å²) in [6.07, 6.45) is 0. The molecule has 0 spiro atoms. The standard InChI is InChI=1S/C18H19BO7/c1-17(2)18(3,4)26-19(25-17)9-7-5-6-8-10-11(20)12(21)13(22)14(23)16(10)24-15(8)9/h5-7,20-23H,1-4H3. The molecule has 2 heterocycles. The van der Waals surface area contributed by atoms with Gasteiger partial charge in [-0.3, -0.25) is 0 Å². The molecule has 0 atom stereocenters. The minimum Gasteiger partial charge on any atom is -0.504 e. The van der Waals surface area contributed by atoms with Crippen LogP contribution >= 0.6 is 0 Å². The number of hydrogen-bond donors (Lipinski definition) is 4. The molecule has 4 N–H and O–H groups in total. The van der Waals surface area contributed by atoms with Crippen LogP contribution in [0.4, 0.5) is 0 Å². The molecule has 0 aliphatic carbocycles. The smallest absolute Gasteiger partial charge is 0.498 e. The van der Waals surface area contributed by atoms with Crippen molar-refractivity contribution in [2.45, 2.75) is 38.9 Å². The number of rotatable bonds is 1. The lowest BCUT2D eigenvalue weighted by molar-refractivity contribution is 0.00578. The first-order chi connectivity index (χ1) is 12.0. The minimum absolute atomic E-state index is 0.103. The Bertz CT molecular complexity index is 1040. The van der Waals surface area contributed by atoms with Crippen LogP contribution in [-0.4, -0.2) is 38.7 Å². The number of para-hydroxylation sites is 1. The summed E-state index contributed by atoms with van der Waals surface area (Å²) in [6, 6.07) is 5.17. The molecule has 4 rings (SSSR count). The van der Waals surface area contributed by atoms with Crippen LogP contribution in [0.1, 0.15) is 27.7 Å². The second-order valence-electron chi connectivity index (χ2n) is 7.51. The highest BCUT2D eigenvalue weighted by atomic mass is 16.7. The fourth-order valence-electron chi connectivity index (χ4n) is 3.15. The lowest BCUT2D eigenvalue weighted by Gasteiger charge is -2.32. The Hall–Kier alpha value is -2.58. The highest BCUT2D eigenvalue weighted by Gasteiger charge is 2.52. The Labute approximate surface area is 149 Å². The molecule has 1 saturated heterocycles. The van der Waals surface area contributed by atoms with Crippen molar-refractivity contribution in [3.8, 4) is 23.0 Å². The predicted octanol–water partition coefficient (Wildman–Crippen LogP) is 2.71. The molecule has 0 bridgehead atoms. The molecule has 3 aromatic rings. The van der Waals surface area contributed by atoms with Crippen molar-refractivity contribution in [2.75, 3.05) is 0 Å². The van der Waals surface area contributed by atoms with Crippen LogP contribution in [0.25, 0.3) is 21.9 Å². The van der Waals surface area contributed by atoms with Crippen molar-refractivity contribution >= 4 is 34.5 Å². The van der Waals surface area contributed by atoms with Gasteiger partial charge in [0.05, 0.1) is 16.6 Å². The zero-order valence-corrected chi connectivity index (χ0v) is 14.8. The van der Waals surface area contributed by atoms with E-state index in [-0.39, 0.29) is 11.0 Å². The number of phenolic OH excluding ortho intramolecular Hbond substituents is 4. The fourth-order valence-corrected chi connectivity index (χ4v) is 3.15. The van der Waals surface area contributed by atoms with E-state index in [1.165, 1.54) is 0 Å². The number of aromatic hydroxyl groups is 4. The van der Waals surface area contributed by atoms with Crippen molar-refractivity contribution in [2.24, 2.45) is 0 Å². The number of benzene rings is 2.